The highest BCUT2D eigenvalue weighted by atomic mass is 79.9. The number of anilines is 1. The number of piperidine rings is 3. The fourth-order valence-electron chi connectivity index (χ4n) is 10.8. The molecule has 1 aliphatic carbocycles. The third kappa shape index (κ3) is 5.38. The second-order valence-corrected chi connectivity index (χ2v) is 17.2. The zero-order valence-corrected chi connectivity index (χ0v) is 32.3. The molecule has 4 fully saturated rings. The van der Waals surface area contributed by atoms with Crippen LogP contribution in [0, 0.1) is 0 Å². The van der Waals surface area contributed by atoms with Crippen molar-refractivity contribution in [1.29, 1.82) is 0 Å². The van der Waals surface area contributed by atoms with Gasteiger partial charge < -0.3 is 9.80 Å². The summed E-state index contributed by atoms with van der Waals surface area (Å²) in [5.74, 6) is -0.538. The number of imide groups is 2. The molecule has 10 rings (SSSR count). The average molecular weight is 804 g/mol. The maximum Gasteiger partial charge on any atom is 0.281 e. The molecule has 4 aromatic rings. The third-order valence-corrected chi connectivity index (χ3v) is 14.2. The van der Waals surface area contributed by atoms with Gasteiger partial charge in [-0.15, -0.1) is 0 Å². The number of amides is 4. The number of fused-ring (bicyclic) bond motifs is 8. The van der Waals surface area contributed by atoms with Crippen LogP contribution in [-0.2, 0) is 15.0 Å². The molecule has 1 spiro atoms. The number of benzene rings is 3. The molecule has 282 valence electrons. The first-order valence-electron chi connectivity index (χ1n) is 19.9. The molecule has 6 heterocycles. The normalized spacial score (nSPS) is 23.0. The standard InChI is InChI=1S/C43H43BrN6O5/c44-30-7-5-9-32-37(30)39(53)46-42-43(18-2-1-3-19-43)29-11-10-26(24-34(29)49(32)42)25-14-20-47(21-15-25)27-16-22-48(23-17-27)31-8-4-6-28-36(31)41(55)50(40(28)54)33-12-13-35(51)45-38(33)52/h4-11,24-25,27,33H,1-3,12-23H2,(H,45,51,52). The lowest BCUT2D eigenvalue weighted by Crippen LogP contribution is -2.54. The largest absolute Gasteiger partial charge is 0.371 e. The smallest absolute Gasteiger partial charge is 0.281 e. The Bertz CT molecular complexity index is 2370. The fraction of sp³-hybridized carbons (Fsp3) is 0.442. The van der Waals surface area contributed by atoms with Gasteiger partial charge in [0.2, 0.25) is 11.8 Å². The molecule has 11 nitrogen and oxygen atoms in total. The molecule has 3 saturated heterocycles. The monoisotopic (exact) mass is 802 g/mol. The predicted octanol–water partition coefficient (Wildman–Crippen LogP) is 5.96. The van der Waals surface area contributed by atoms with Gasteiger partial charge in [0.25, 0.3) is 17.4 Å². The maximum atomic E-state index is 13.7. The Balaban J connectivity index is 0.840. The van der Waals surface area contributed by atoms with Gasteiger partial charge in [-0.25, -0.2) is 0 Å². The van der Waals surface area contributed by atoms with E-state index in [9.17, 15) is 24.0 Å². The molecule has 5 aliphatic heterocycles. The van der Waals surface area contributed by atoms with Gasteiger partial charge in [0.15, 0.2) is 0 Å². The molecule has 12 heteroatoms. The second kappa shape index (κ2) is 13.2. The summed E-state index contributed by atoms with van der Waals surface area (Å²) in [7, 11) is 0. The number of likely N-dealkylation sites (tertiary alicyclic amines) is 1. The van der Waals surface area contributed by atoms with Crippen molar-refractivity contribution >= 4 is 56.1 Å². The summed E-state index contributed by atoms with van der Waals surface area (Å²) in [4.78, 5) is 75.7. The number of nitrogens with one attached hydrogen (secondary N) is 1. The first-order valence-corrected chi connectivity index (χ1v) is 20.7. The Labute approximate surface area is 327 Å². The van der Waals surface area contributed by atoms with E-state index in [1.807, 2.05) is 24.3 Å². The van der Waals surface area contributed by atoms with E-state index in [4.69, 9.17) is 4.98 Å². The Kier molecular flexibility index (Phi) is 8.36. The second-order valence-electron chi connectivity index (χ2n) is 16.3. The van der Waals surface area contributed by atoms with Crippen LogP contribution in [0.3, 0.4) is 0 Å². The van der Waals surface area contributed by atoms with Crippen molar-refractivity contribution in [3.8, 4) is 5.69 Å². The molecule has 6 aliphatic rings. The van der Waals surface area contributed by atoms with Gasteiger partial charge in [-0.05, 0) is 121 Å². The Morgan fingerprint density at radius 1 is 0.782 bits per heavy atom. The van der Waals surface area contributed by atoms with Crippen molar-refractivity contribution in [1.82, 2.24) is 24.7 Å². The fourth-order valence-corrected chi connectivity index (χ4v) is 11.3. The number of carbonyl (C=O) groups excluding carboxylic acids is 4. The van der Waals surface area contributed by atoms with Crippen molar-refractivity contribution in [3.63, 3.8) is 0 Å². The van der Waals surface area contributed by atoms with E-state index >= 15 is 0 Å². The maximum absolute atomic E-state index is 13.7. The van der Waals surface area contributed by atoms with Gasteiger partial charge in [-0.2, -0.15) is 4.98 Å². The molecule has 1 aromatic heterocycles. The number of hydrogen-bond donors (Lipinski definition) is 1. The molecular formula is C43H43BrN6O5. The van der Waals surface area contributed by atoms with Gasteiger partial charge >= 0.3 is 0 Å². The Morgan fingerprint density at radius 2 is 1.55 bits per heavy atom. The minimum absolute atomic E-state index is 0.0979. The van der Waals surface area contributed by atoms with Crippen LogP contribution in [0.15, 0.2) is 63.9 Å². The lowest BCUT2D eigenvalue weighted by molar-refractivity contribution is -0.136. The lowest BCUT2D eigenvalue weighted by atomic mass is 9.69. The van der Waals surface area contributed by atoms with E-state index in [2.05, 4.69) is 59.9 Å². The summed E-state index contributed by atoms with van der Waals surface area (Å²) in [6.07, 6.45) is 9.84. The van der Waals surface area contributed by atoms with Crippen LogP contribution in [-0.4, -0.2) is 81.2 Å². The first-order chi connectivity index (χ1) is 26.7. The predicted molar refractivity (Wildman–Crippen MR) is 211 cm³/mol. The van der Waals surface area contributed by atoms with Crippen molar-refractivity contribution in [3.05, 3.63) is 97.5 Å². The quantitative estimate of drug-likeness (QED) is 0.251. The van der Waals surface area contributed by atoms with Crippen molar-refractivity contribution in [2.75, 3.05) is 31.1 Å². The van der Waals surface area contributed by atoms with Crippen LogP contribution in [0.5, 0.6) is 0 Å². The van der Waals surface area contributed by atoms with E-state index in [0.717, 1.165) is 104 Å². The molecule has 4 amide bonds. The van der Waals surface area contributed by atoms with Crippen molar-refractivity contribution in [2.45, 2.75) is 94.0 Å². The number of halogens is 1. The summed E-state index contributed by atoms with van der Waals surface area (Å²) in [6.45, 7) is 3.58. The van der Waals surface area contributed by atoms with Crippen molar-refractivity contribution < 1.29 is 19.2 Å². The number of hydrogen-bond acceptors (Lipinski definition) is 8. The SMILES string of the molecule is O=C1CCC(N2C(=O)c3cccc(N4CCC(N5CCC(c6ccc7c(c6)-n6c(nc(=O)c8c(Br)cccc86)C76CCCCC6)CC5)CC4)c3C2=O)C(=O)N1. The highest BCUT2D eigenvalue weighted by Gasteiger charge is 2.48. The summed E-state index contributed by atoms with van der Waals surface area (Å²) in [6, 6.07) is 18.0. The van der Waals surface area contributed by atoms with Crippen LogP contribution < -0.4 is 15.8 Å². The van der Waals surface area contributed by atoms with Crippen LogP contribution in [0.2, 0.25) is 0 Å². The molecule has 55 heavy (non-hydrogen) atoms. The average Bonchev–Trinajstić information content (AvgIpc) is 3.61. The van der Waals surface area contributed by atoms with E-state index < -0.39 is 23.8 Å². The Morgan fingerprint density at radius 3 is 2.31 bits per heavy atom. The molecular weight excluding hydrogens is 760 g/mol. The molecule has 0 radical (unpaired) electrons. The van der Waals surface area contributed by atoms with Crippen LogP contribution in [0.1, 0.15) is 114 Å². The molecule has 1 unspecified atom stereocenters. The highest BCUT2D eigenvalue weighted by molar-refractivity contribution is 9.10. The highest BCUT2D eigenvalue weighted by Crippen LogP contribution is 2.52. The topological polar surface area (TPSA) is 125 Å². The van der Waals surface area contributed by atoms with Crippen LogP contribution in [0.25, 0.3) is 16.6 Å². The van der Waals surface area contributed by atoms with E-state index in [-0.39, 0.29) is 29.7 Å². The number of aromatic nitrogens is 2. The summed E-state index contributed by atoms with van der Waals surface area (Å²) < 4.78 is 3.08. The summed E-state index contributed by atoms with van der Waals surface area (Å²) in [5, 5.41) is 2.92. The number of nitrogens with zero attached hydrogens (tertiary/aromatic N) is 5. The van der Waals surface area contributed by atoms with Crippen molar-refractivity contribution in [2.24, 2.45) is 0 Å². The molecule has 0 bridgehead atoms. The summed E-state index contributed by atoms with van der Waals surface area (Å²) >= 11 is 3.64. The lowest BCUT2D eigenvalue weighted by Gasteiger charge is -2.42. The summed E-state index contributed by atoms with van der Waals surface area (Å²) in [5.41, 5.74) is 5.86. The molecule has 3 aromatic carbocycles. The molecule has 1 N–H and O–H groups in total. The molecule has 1 atom stereocenters. The van der Waals surface area contributed by atoms with Crippen LogP contribution >= 0.6 is 15.9 Å². The van der Waals surface area contributed by atoms with Gasteiger partial charge in [0.1, 0.15) is 11.9 Å². The minimum Gasteiger partial charge on any atom is -0.371 e. The van der Waals surface area contributed by atoms with E-state index in [0.29, 0.717) is 28.5 Å². The number of carbonyl (C=O) groups is 4. The Hall–Kier alpha value is -4.68. The third-order valence-electron chi connectivity index (χ3n) is 13.5. The van der Waals surface area contributed by atoms with Gasteiger partial charge in [0.05, 0.1) is 38.8 Å². The first kappa shape index (κ1) is 34.8. The van der Waals surface area contributed by atoms with E-state index in [1.165, 1.54) is 23.2 Å². The molecule has 1 saturated carbocycles. The number of rotatable bonds is 4. The minimum atomic E-state index is -0.974. The van der Waals surface area contributed by atoms with Gasteiger partial charge in [-0.1, -0.05) is 43.5 Å². The zero-order chi connectivity index (χ0) is 37.6. The van der Waals surface area contributed by atoms with Gasteiger partial charge in [-0.3, -0.25) is 38.8 Å². The van der Waals surface area contributed by atoms with E-state index in [1.54, 1.807) is 6.07 Å². The zero-order valence-electron chi connectivity index (χ0n) is 30.7. The van der Waals surface area contributed by atoms with Gasteiger partial charge in [0, 0.05) is 30.0 Å². The van der Waals surface area contributed by atoms with Crippen LogP contribution in [0.4, 0.5) is 5.69 Å².